The van der Waals surface area contributed by atoms with Crippen LogP contribution in [0, 0.1) is 11.8 Å². The van der Waals surface area contributed by atoms with Crippen LogP contribution in [0.5, 0.6) is 0 Å². The molecule has 1 aliphatic carbocycles. The smallest absolute Gasteiger partial charge is 0.324 e. The Morgan fingerprint density at radius 2 is 2.31 bits per heavy atom. The molecule has 4 heteroatoms. The minimum Gasteiger partial charge on any atom is -0.480 e. The largest absolute Gasteiger partial charge is 0.480 e. The van der Waals surface area contributed by atoms with Crippen LogP contribution in [0.4, 0.5) is 0 Å². The predicted octanol–water partition coefficient (Wildman–Crippen LogP) is -0.260. The third kappa shape index (κ3) is 1.25. The topological polar surface area (TPSA) is 66.6 Å². The molecule has 1 saturated carbocycles. The molecule has 1 aliphatic heterocycles. The van der Waals surface area contributed by atoms with Crippen molar-refractivity contribution in [2.24, 2.45) is 17.6 Å². The molecule has 2 rings (SSSR count). The van der Waals surface area contributed by atoms with Gasteiger partial charge >= 0.3 is 5.97 Å². The van der Waals surface area contributed by atoms with Crippen LogP contribution in [0.1, 0.15) is 12.8 Å². The maximum absolute atomic E-state index is 11.0. The molecule has 3 unspecified atom stereocenters. The van der Waals surface area contributed by atoms with Crippen LogP contribution in [-0.2, 0) is 4.79 Å². The van der Waals surface area contributed by atoms with Gasteiger partial charge in [0.1, 0.15) is 5.54 Å². The molecule has 74 valence electrons. The molecule has 0 aromatic heterocycles. The van der Waals surface area contributed by atoms with E-state index in [2.05, 4.69) is 4.90 Å². The molecule has 1 heterocycles. The number of piperidine rings is 1. The number of likely N-dealkylation sites (tertiary alicyclic amines) is 1. The summed E-state index contributed by atoms with van der Waals surface area (Å²) in [6.45, 7) is 1.84. The van der Waals surface area contributed by atoms with Crippen LogP contribution >= 0.6 is 0 Å². The number of aliphatic carboxylic acids is 1. The molecule has 0 aromatic carbocycles. The Morgan fingerprint density at radius 1 is 1.62 bits per heavy atom. The summed E-state index contributed by atoms with van der Waals surface area (Å²) in [6, 6.07) is 0. The van der Waals surface area contributed by atoms with Gasteiger partial charge in [0.25, 0.3) is 0 Å². The van der Waals surface area contributed by atoms with E-state index in [0.717, 1.165) is 19.5 Å². The van der Waals surface area contributed by atoms with Gasteiger partial charge in [-0.25, -0.2) is 0 Å². The number of carboxylic acid groups (broad SMARTS) is 1. The second-order valence-electron chi connectivity index (χ2n) is 4.57. The van der Waals surface area contributed by atoms with E-state index in [4.69, 9.17) is 10.8 Å². The highest BCUT2D eigenvalue weighted by Crippen LogP contribution is 2.42. The Bertz CT molecular complexity index is 244. The molecule has 0 radical (unpaired) electrons. The number of hydrogen-bond acceptors (Lipinski definition) is 3. The third-order valence-corrected chi connectivity index (χ3v) is 3.47. The molecular formula is C9H16N2O2. The van der Waals surface area contributed by atoms with Crippen molar-refractivity contribution < 1.29 is 9.90 Å². The summed E-state index contributed by atoms with van der Waals surface area (Å²) in [5.41, 5.74) is 4.97. The van der Waals surface area contributed by atoms with Gasteiger partial charge in [0.05, 0.1) is 0 Å². The van der Waals surface area contributed by atoms with E-state index < -0.39 is 11.5 Å². The van der Waals surface area contributed by atoms with E-state index in [1.165, 1.54) is 0 Å². The van der Waals surface area contributed by atoms with E-state index in [-0.39, 0.29) is 5.92 Å². The van der Waals surface area contributed by atoms with Gasteiger partial charge in [0.2, 0.25) is 0 Å². The fourth-order valence-electron chi connectivity index (χ4n) is 2.87. The molecule has 4 nitrogen and oxygen atoms in total. The van der Waals surface area contributed by atoms with Crippen molar-refractivity contribution in [2.75, 3.05) is 20.1 Å². The molecule has 2 fully saturated rings. The first kappa shape index (κ1) is 8.97. The fraction of sp³-hybridized carbons (Fsp3) is 0.889. The molecule has 2 aliphatic rings. The van der Waals surface area contributed by atoms with Crippen molar-refractivity contribution in [1.82, 2.24) is 4.90 Å². The lowest BCUT2D eigenvalue weighted by atomic mass is 9.88. The number of nitrogens with two attached hydrogens (primary N) is 1. The second-order valence-corrected chi connectivity index (χ2v) is 4.57. The first-order chi connectivity index (χ1) is 6.02. The second kappa shape index (κ2) is 2.69. The van der Waals surface area contributed by atoms with Crippen LogP contribution in [0.15, 0.2) is 0 Å². The summed E-state index contributed by atoms with van der Waals surface area (Å²) in [7, 11) is 2.03. The molecule has 3 N–H and O–H groups in total. The van der Waals surface area contributed by atoms with Crippen LogP contribution in [0.3, 0.4) is 0 Å². The van der Waals surface area contributed by atoms with Crippen LogP contribution < -0.4 is 5.73 Å². The average Bonchev–Trinajstić information content (AvgIpc) is 2.24. The normalized spacial score (nSPS) is 45.1. The maximum atomic E-state index is 11.0. The summed E-state index contributed by atoms with van der Waals surface area (Å²) >= 11 is 0. The molecule has 0 amide bonds. The lowest BCUT2D eigenvalue weighted by Gasteiger charge is -2.31. The van der Waals surface area contributed by atoms with Gasteiger partial charge < -0.3 is 15.7 Å². The van der Waals surface area contributed by atoms with Crippen LogP contribution in [0.25, 0.3) is 0 Å². The molecule has 0 aromatic rings. The van der Waals surface area contributed by atoms with Crippen molar-refractivity contribution in [3.8, 4) is 0 Å². The van der Waals surface area contributed by atoms with Crippen molar-refractivity contribution in [2.45, 2.75) is 18.4 Å². The van der Waals surface area contributed by atoms with E-state index >= 15 is 0 Å². The standard InChI is InChI=1S/C9H16N2O2/c1-11-4-6-2-7(5-11)9(10,3-6)8(12)13/h6-7H,2-5,10H2,1H3,(H,12,13). The zero-order chi connectivity index (χ0) is 9.64. The summed E-state index contributed by atoms with van der Waals surface area (Å²) in [5, 5.41) is 9.06. The zero-order valence-electron chi connectivity index (χ0n) is 7.86. The first-order valence-electron chi connectivity index (χ1n) is 4.73. The van der Waals surface area contributed by atoms with Crippen molar-refractivity contribution in [1.29, 1.82) is 0 Å². The molecular weight excluding hydrogens is 168 g/mol. The number of fused-ring (bicyclic) bond motifs is 2. The summed E-state index contributed by atoms with van der Waals surface area (Å²) < 4.78 is 0. The monoisotopic (exact) mass is 184 g/mol. The van der Waals surface area contributed by atoms with E-state index in [0.29, 0.717) is 12.3 Å². The average molecular weight is 184 g/mol. The summed E-state index contributed by atoms with van der Waals surface area (Å²) in [4.78, 5) is 13.2. The van der Waals surface area contributed by atoms with Crippen molar-refractivity contribution in [3.05, 3.63) is 0 Å². The Balaban J connectivity index is 2.22. The molecule has 2 bridgehead atoms. The number of hydrogen-bond donors (Lipinski definition) is 2. The Morgan fingerprint density at radius 3 is 2.92 bits per heavy atom. The van der Waals surface area contributed by atoms with E-state index in [9.17, 15) is 4.79 Å². The van der Waals surface area contributed by atoms with Gasteiger partial charge in [-0.1, -0.05) is 0 Å². The van der Waals surface area contributed by atoms with E-state index in [1.54, 1.807) is 0 Å². The number of nitrogens with zero attached hydrogens (tertiary/aromatic N) is 1. The Kier molecular flexibility index (Phi) is 1.85. The van der Waals surface area contributed by atoms with Gasteiger partial charge in [-0.3, -0.25) is 4.79 Å². The number of carbonyl (C=O) groups is 1. The summed E-state index contributed by atoms with van der Waals surface area (Å²) in [6.07, 6.45) is 1.64. The highest BCUT2D eigenvalue weighted by molar-refractivity contribution is 5.79. The molecule has 0 spiro atoms. The van der Waals surface area contributed by atoms with Crippen molar-refractivity contribution >= 4 is 5.97 Å². The molecule has 13 heavy (non-hydrogen) atoms. The Labute approximate surface area is 77.7 Å². The van der Waals surface area contributed by atoms with E-state index in [1.807, 2.05) is 7.05 Å². The zero-order valence-corrected chi connectivity index (χ0v) is 7.86. The van der Waals surface area contributed by atoms with Gasteiger partial charge in [-0.05, 0) is 25.8 Å². The quantitative estimate of drug-likeness (QED) is 0.589. The van der Waals surface area contributed by atoms with Crippen molar-refractivity contribution in [3.63, 3.8) is 0 Å². The lowest BCUT2D eigenvalue weighted by molar-refractivity contribution is -0.144. The lowest BCUT2D eigenvalue weighted by Crippen LogP contribution is -2.53. The van der Waals surface area contributed by atoms with Gasteiger partial charge in [0, 0.05) is 19.0 Å². The minimum atomic E-state index is -0.949. The van der Waals surface area contributed by atoms with Gasteiger partial charge in [0.15, 0.2) is 0 Å². The maximum Gasteiger partial charge on any atom is 0.324 e. The fourth-order valence-corrected chi connectivity index (χ4v) is 2.87. The Hall–Kier alpha value is -0.610. The highest BCUT2D eigenvalue weighted by atomic mass is 16.4. The molecule has 3 atom stereocenters. The van der Waals surface area contributed by atoms with Gasteiger partial charge in [-0.15, -0.1) is 0 Å². The van der Waals surface area contributed by atoms with Crippen LogP contribution in [0.2, 0.25) is 0 Å². The molecule has 1 saturated heterocycles. The minimum absolute atomic E-state index is 0.147. The number of carboxylic acids is 1. The summed E-state index contributed by atoms with van der Waals surface area (Å²) in [5.74, 6) is -0.186. The SMILES string of the molecule is CN1CC2CC(C1)C(N)(C(=O)O)C2. The first-order valence-corrected chi connectivity index (χ1v) is 4.73. The predicted molar refractivity (Wildman–Crippen MR) is 48.3 cm³/mol. The third-order valence-electron chi connectivity index (χ3n) is 3.47. The van der Waals surface area contributed by atoms with Gasteiger partial charge in [-0.2, -0.15) is 0 Å². The van der Waals surface area contributed by atoms with Crippen LogP contribution in [-0.4, -0.2) is 41.7 Å². The number of rotatable bonds is 1. The highest BCUT2D eigenvalue weighted by Gasteiger charge is 2.52.